The predicted molar refractivity (Wildman–Crippen MR) is 180 cm³/mol. The Bertz CT molecular complexity index is 1460. The van der Waals surface area contributed by atoms with Gasteiger partial charge in [0.2, 0.25) is 17.7 Å². The van der Waals surface area contributed by atoms with Crippen molar-refractivity contribution in [1.82, 2.24) is 20.4 Å². The van der Waals surface area contributed by atoms with Crippen molar-refractivity contribution in [2.75, 3.05) is 20.7 Å². The number of amides is 4. The van der Waals surface area contributed by atoms with Crippen molar-refractivity contribution >= 4 is 40.6 Å². The van der Waals surface area contributed by atoms with E-state index in [0.29, 0.717) is 19.4 Å². The highest BCUT2D eigenvalue weighted by Gasteiger charge is 2.46. The molecule has 3 rings (SSSR count). The van der Waals surface area contributed by atoms with Crippen LogP contribution in [0, 0.1) is 11.3 Å². The van der Waals surface area contributed by atoms with Gasteiger partial charge in [-0.25, -0.2) is 9.59 Å². The van der Waals surface area contributed by atoms with E-state index in [2.05, 4.69) is 10.6 Å². The van der Waals surface area contributed by atoms with Gasteiger partial charge in [-0.2, -0.15) is 0 Å². The number of nitrogens with one attached hydrogen (secondary N) is 2. The van der Waals surface area contributed by atoms with Gasteiger partial charge in [-0.3, -0.25) is 19.3 Å². The van der Waals surface area contributed by atoms with Gasteiger partial charge in [0.1, 0.15) is 29.8 Å². The van der Waals surface area contributed by atoms with E-state index >= 15 is 0 Å². The molecule has 1 fully saturated rings. The zero-order valence-corrected chi connectivity index (χ0v) is 29.5. The van der Waals surface area contributed by atoms with Gasteiger partial charge < -0.3 is 25.0 Å². The third kappa shape index (κ3) is 9.45. The monoisotopic (exact) mass is 652 g/mol. The molecule has 0 aliphatic carbocycles. The molecule has 1 aliphatic rings. The number of hydrogen-bond donors (Lipinski definition) is 2. The Morgan fingerprint density at radius 2 is 1.62 bits per heavy atom. The summed E-state index contributed by atoms with van der Waals surface area (Å²) in [6.45, 7) is 14.5. The Kier molecular flexibility index (Phi) is 12.0. The van der Waals surface area contributed by atoms with Crippen molar-refractivity contribution in [3.63, 3.8) is 0 Å². The summed E-state index contributed by atoms with van der Waals surface area (Å²) in [4.78, 5) is 69.9. The molecule has 1 aliphatic heterocycles. The first-order chi connectivity index (χ1) is 21.9. The number of likely N-dealkylation sites (tertiary alicyclic amines) is 1. The average molecular weight is 653 g/mol. The first-order valence-electron chi connectivity index (χ1n) is 16.3. The number of hydrogen-bond acceptors (Lipinski definition) is 7. The van der Waals surface area contributed by atoms with Crippen LogP contribution in [0.15, 0.2) is 42.5 Å². The van der Waals surface area contributed by atoms with E-state index in [1.165, 1.54) is 24.0 Å². The van der Waals surface area contributed by atoms with Crippen molar-refractivity contribution in [3.05, 3.63) is 48.0 Å². The van der Waals surface area contributed by atoms with Crippen LogP contribution in [0.4, 0.5) is 4.79 Å². The van der Waals surface area contributed by atoms with Crippen molar-refractivity contribution in [2.45, 2.75) is 104 Å². The largest absolute Gasteiger partial charge is 0.467 e. The van der Waals surface area contributed by atoms with Gasteiger partial charge in [-0.15, -0.1) is 0 Å². The van der Waals surface area contributed by atoms with E-state index in [4.69, 9.17) is 9.47 Å². The summed E-state index contributed by atoms with van der Waals surface area (Å²) in [6, 6.07) is 10.0. The Balaban J connectivity index is 1.83. The van der Waals surface area contributed by atoms with Crippen LogP contribution >= 0.6 is 0 Å². The molecule has 0 spiro atoms. The van der Waals surface area contributed by atoms with E-state index in [9.17, 15) is 24.0 Å². The first kappa shape index (κ1) is 37.3. The van der Waals surface area contributed by atoms with E-state index in [-0.39, 0.29) is 12.3 Å². The zero-order valence-electron chi connectivity index (χ0n) is 29.5. The number of carbonyl (C=O) groups is 5. The van der Waals surface area contributed by atoms with Crippen molar-refractivity contribution in [2.24, 2.45) is 11.3 Å². The van der Waals surface area contributed by atoms with Crippen molar-refractivity contribution in [3.8, 4) is 0 Å². The minimum absolute atomic E-state index is 0.147. The molecule has 4 amide bonds. The van der Waals surface area contributed by atoms with Crippen LogP contribution in [-0.2, 0) is 35.1 Å². The van der Waals surface area contributed by atoms with Gasteiger partial charge >= 0.3 is 12.1 Å². The average Bonchev–Trinajstić information content (AvgIpc) is 3.44. The number of esters is 1. The molecule has 0 saturated carbocycles. The molecule has 11 nitrogen and oxygen atoms in total. The molecule has 1 saturated heterocycles. The Morgan fingerprint density at radius 1 is 0.979 bits per heavy atom. The van der Waals surface area contributed by atoms with Gasteiger partial charge in [-0.05, 0) is 61.8 Å². The lowest BCUT2D eigenvalue weighted by Gasteiger charge is -2.37. The standard InChI is InChI=1S/C36H52N4O7/c1-11-24-18-19-40(32(43)29(35(3,4)5)38-30(41)22(2)39(9)34(45)47-36(6,7)8)28(24)31(42)37-27(33(44)46-10)21-23-16-17-25-14-12-13-15-26(25)20-23/h12-17,20,22,24,27-29H,11,18-19,21H2,1-10H3,(H,37,42)(H,38,41)/t22-,24?,27-,28-,29+/m0/s1. The molecule has 2 N–H and O–H groups in total. The summed E-state index contributed by atoms with van der Waals surface area (Å²) >= 11 is 0. The second kappa shape index (κ2) is 15.2. The molecule has 0 radical (unpaired) electrons. The van der Waals surface area contributed by atoms with Crippen LogP contribution in [0.1, 0.15) is 73.8 Å². The van der Waals surface area contributed by atoms with Gasteiger partial charge in [0.05, 0.1) is 7.11 Å². The minimum atomic E-state index is -0.996. The topological polar surface area (TPSA) is 134 Å². The molecule has 258 valence electrons. The van der Waals surface area contributed by atoms with Gasteiger partial charge in [-0.1, -0.05) is 76.6 Å². The molecular weight excluding hydrogens is 600 g/mol. The lowest BCUT2D eigenvalue weighted by molar-refractivity contribution is -0.148. The molecule has 0 bridgehead atoms. The van der Waals surface area contributed by atoms with Crippen LogP contribution < -0.4 is 10.6 Å². The summed E-state index contributed by atoms with van der Waals surface area (Å²) in [5.41, 5.74) is -0.617. The molecule has 47 heavy (non-hydrogen) atoms. The van der Waals surface area contributed by atoms with Crippen molar-refractivity contribution in [1.29, 1.82) is 0 Å². The fraction of sp³-hybridized carbons (Fsp3) is 0.583. The SMILES string of the molecule is CCC1CCN(C(=O)[C@@H](NC(=O)[C@H](C)N(C)C(=O)OC(C)(C)C)C(C)(C)C)[C@@H]1C(=O)N[C@@H](Cc1ccc2ccccc2c1)C(=O)OC. The molecular formula is C36H52N4O7. The summed E-state index contributed by atoms with van der Waals surface area (Å²) in [7, 11) is 2.74. The number of likely N-dealkylation sites (N-methyl/N-ethyl adjacent to an activating group) is 1. The summed E-state index contributed by atoms with van der Waals surface area (Å²) in [5, 5.41) is 7.82. The summed E-state index contributed by atoms with van der Waals surface area (Å²) in [6.07, 6.45) is 0.783. The highest BCUT2D eigenvalue weighted by molar-refractivity contribution is 5.96. The predicted octanol–water partition coefficient (Wildman–Crippen LogP) is 4.45. The van der Waals surface area contributed by atoms with Crippen LogP contribution in [0.3, 0.4) is 0 Å². The second-order valence-electron chi connectivity index (χ2n) is 14.5. The fourth-order valence-electron chi connectivity index (χ4n) is 5.83. The summed E-state index contributed by atoms with van der Waals surface area (Å²) < 4.78 is 10.5. The number of benzene rings is 2. The maximum Gasteiger partial charge on any atom is 0.410 e. The van der Waals surface area contributed by atoms with Gasteiger partial charge in [0.15, 0.2) is 0 Å². The van der Waals surface area contributed by atoms with Crippen molar-refractivity contribution < 1.29 is 33.4 Å². The second-order valence-corrected chi connectivity index (χ2v) is 14.5. The Morgan fingerprint density at radius 3 is 2.19 bits per heavy atom. The number of fused-ring (bicyclic) bond motifs is 1. The number of rotatable bonds is 10. The summed E-state index contributed by atoms with van der Waals surface area (Å²) in [5.74, 6) is -2.11. The highest BCUT2D eigenvalue weighted by Crippen LogP contribution is 2.31. The van der Waals surface area contributed by atoms with Gasteiger partial charge in [0, 0.05) is 20.0 Å². The third-order valence-electron chi connectivity index (χ3n) is 8.70. The first-order valence-corrected chi connectivity index (χ1v) is 16.3. The molecule has 11 heteroatoms. The molecule has 0 aromatic heterocycles. The third-order valence-corrected chi connectivity index (χ3v) is 8.70. The molecule has 2 aromatic carbocycles. The zero-order chi connectivity index (χ0) is 35.3. The van der Waals surface area contributed by atoms with E-state index < -0.39 is 65.0 Å². The molecule has 1 heterocycles. The quantitative estimate of drug-likeness (QED) is 0.362. The number of carbonyl (C=O) groups excluding carboxylic acids is 5. The smallest absolute Gasteiger partial charge is 0.410 e. The van der Waals surface area contributed by atoms with Crippen LogP contribution in [0.5, 0.6) is 0 Å². The van der Waals surface area contributed by atoms with Crippen LogP contribution in [0.2, 0.25) is 0 Å². The number of nitrogens with zero attached hydrogens (tertiary/aromatic N) is 2. The molecule has 1 unspecified atom stereocenters. The molecule has 5 atom stereocenters. The van der Waals surface area contributed by atoms with E-state index in [0.717, 1.165) is 16.3 Å². The van der Waals surface area contributed by atoms with Crippen LogP contribution in [-0.4, -0.2) is 90.1 Å². The minimum Gasteiger partial charge on any atom is -0.467 e. The highest BCUT2D eigenvalue weighted by atomic mass is 16.6. The normalized spacial score (nSPS) is 18.6. The Labute approximate surface area is 278 Å². The lowest BCUT2D eigenvalue weighted by Crippen LogP contribution is -2.61. The van der Waals surface area contributed by atoms with Gasteiger partial charge in [0.25, 0.3) is 0 Å². The lowest BCUT2D eigenvalue weighted by atomic mass is 9.85. The maximum atomic E-state index is 14.2. The maximum absolute atomic E-state index is 14.2. The van der Waals surface area contributed by atoms with Crippen LogP contribution in [0.25, 0.3) is 10.8 Å². The Hall–Kier alpha value is -4.15. The van der Waals surface area contributed by atoms with E-state index in [1.807, 2.05) is 70.2 Å². The number of ether oxygens (including phenoxy) is 2. The molecule has 2 aromatic rings. The number of methoxy groups -OCH3 is 1. The fourth-order valence-corrected chi connectivity index (χ4v) is 5.83. The van der Waals surface area contributed by atoms with E-state index in [1.54, 1.807) is 27.7 Å².